The Kier molecular flexibility index (Phi) is 12.9. The van der Waals surface area contributed by atoms with Gasteiger partial charge in [-0.3, -0.25) is 0 Å². The fourth-order valence-electron chi connectivity index (χ4n) is 10.1. The Labute approximate surface area is 428 Å². The first-order valence-corrected chi connectivity index (χ1v) is 26.1. The molecule has 8 aromatic carbocycles. The van der Waals surface area contributed by atoms with Gasteiger partial charge >= 0.3 is 0 Å². The number of fused-ring (bicyclic) bond motifs is 4. The van der Waals surface area contributed by atoms with Crippen molar-refractivity contribution in [1.82, 2.24) is 0 Å². The van der Waals surface area contributed by atoms with Crippen molar-refractivity contribution >= 4 is 110 Å². The van der Waals surface area contributed by atoms with Crippen LogP contribution in [0.4, 0.5) is 22.7 Å². The van der Waals surface area contributed by atoms with Crippen LogP contribution in [0.2, 0.25) is 0 Å². The van der Waals surface area contributed by atoms with Crippen molar-refractivity contribution in [3.05, 3.63) is 213 Å². The van der Waals surface area contributed by atoms with E-state index in [0.717, 1.165) is 123 Å². The van der Waals surface area contributed by atoms with Gasteiger partial charge in [0.25, 0.3) is 0 Å². The summed E-state index contributed by atoms with van der Waals surface area (Å²) >= 11 is 3.53. The molecule has 8 heteroatoms. The second kappa shape index (κ2) is 20.0. The van der Waals surface area contributed by atoms with Crippen molar-refractivity contribution in [2.45, 2.75) is 40.5 Å². The van der Waals surface area contributed by atoms with Crippen LogP contribution in [0.25, 0.3) is 87.3 Å². The van der Waals surface area contributed by atoms with Gasteiger partial charge in [0.2, 0.25) is 0 Å². The molecular weight excluding hydrogens is 921 g/mol. The first kappa shape index (κ1) is 46.3. The molecular formula is C64H52N4O2S2. The lowest BCUT2D eigenvalue weighted by Gasteiger charge is -2.30. The Morgan fingerprint density at radius 1 is 0.431 bits per heavy atom. The molecule has 72 heavy (non-hydrogen) atoms. The van der Waals surface area contributed by atoms with Crippen molar-refractivity contribution in [3.8, 4) is 22.3 Å². The van der Waals surface area contributed by atoms with Gasteiger partial charge in [0.1, 0.15) is 22.9 Å². The van der Waals surface area contributed by atoms with E-state index in [-0.39, 0.29) is 0 Å². The van der Waals surface area contributed by atoms with Crippen molar-refractivity contribution in [3.63, 3.8) is 0 Å². The summed E-state index contributed by atoms with van der Waals surface area (Å²) in [5, 5.41) is 26.0. The number of ether oxygens (including phenoxy) is 2. The predicted molar refractivity (Wildman–Crippen MR) is 307 cm³/mol. The molecule has 2 heterocycles. The fourth-order valence-corrected chi connectivity index (χ4v) is 12.1. The number of allylic oxidation sites excluding steroid dienone is 4. The lowest BCUT2D eigenvalue weighted by atomic mass is 9.81. The highest BCUT2D eigenvalue weighted by Crippen LogP contribution is 2.53. The number of thiophene rings is 2. The molecule has 0 fully saturated rings. The zero-order chi connectivity index (χ0) is 49.3. The summed E-state index contributed by atoms with van der Waals surface area (Å²) in [4.78, 5) is 2.44. The minimum absolute atomic E-state index is 0.798. The molecule has 0 saturated heterocycles. The Hall–Kier alpha value is -8.04. The number of benzene rings is 8. The lowest BCUT2D eigenvalue weighted by Crippen LogP contribution is -2.14. The highest BCUT2D eigenvalue weighted by atomic mass is 32.1. The van der Waals surface area contributed by atoms with Crippen molar-refractivity contribution in [2.75, 3.05) is 14.2 Å². The average Bonchev–Trinajstić information content (AvgIpc) is 3.99. The van der Waals surface area contributed by atoms with Crippen molar-refractivity contribution in [2.24, 2.45) is 20.5 Å². The van der Waals surface area contributed by atoms with Crippen LogP contribution >= 0.6 is 22.7 Å². The first-order chi connectivity index (χ1) is 35.4. The van der Waals surface area contributed by atoms with E-state index in [1.54, 1.807) is 36.9 Å². The third kappa shape index (κ3) is 8.36. The van der Waals surface area contributed by atoms with Gasteiger partial charge in [-0.05, 0) is 131 Å². The molecule has 11 rings (SSSR count). The van der Waals surface area contributed by atoms with Crippen LogP contribution < -0.4 is 0 Å². The van der Waals surface area contributed by atoms with Crippen molar-refractivity contribution in [1.29, 1.82) is 0 Å². The summed E-state index contributed by atoms with van der Waals surface area (Å²) in [6.07, 6.45) is 10.8. The summed E-state index contributed by atoms with van der Waals surface area (Å²) in [7, 11) is 3.52. The van der Waals surface area contributed by atoms with Crippen LogP contribution in [0.5, 0.6) is 0 Å². The zero-order valence-corrected chi connectivity index (χ0v) is 42.8. The summed E-state index contributed by atoms with van der Waals surface area (Å²) in [5.74, 6) is 1.60. The van der Waals surface area contributed by atoms with Gasteiger partial charge in [0.05, 0.1) is 46.1 Å². The van der Waals surface area contributed by atoms with Crippen LogP contribution in [-0.2, 0) is 9.47 Å². The topological polar surface area (TPSA) is 67.9 Å². The Bertz CT molecular complexity index is 3660. The van der Waals surface area contributed by atoms with Gasteiger partial charge in [-0.25, -0.2) is 0 Å². The number of azo groups is 2. The van der Waals surface area contributed by atoms with E-state index in [1.807, 2.05) is 60.7 Å². The fraction of sp³-hybridized carbons (Fsp3) is 0.125. The number of methoxy groups -OCH3 is 2. The van der Waals surface area contributed by atoms with E-state index in [9.17, 15) is 0 Å². The van der Waals surface area contributed by atoms with E-state index >= 15 is 0 Å². The summed E-state index contributed by atoms with van der Waals surface area (Å²) in [5.41, 5.74) is 14.3. The maximum Gasteiger partial charge on any atom is 0.142 e. The molecule has 0 aliphatic heterocycles. The largest absolute Gasteiger partial charge is 0.495 e. The normalized spacial score (nSPS) is 13.2. The van der Waals surface area contributed by atoms with Gasteiger partial charge in [-0.1, -0.05) is 147 Å². The molecule has 1 aliphatic carbocycles. The van der Waals surface area contributed by atoms with Crippen molar-refractivity contribution < 1.29 is 9.47 Å². The van der Waals surface area contributed by atoms with Crippen LogP contribution in [0.1, 0.15) is 58.7 Å². The lowest BCUT2D eigenvalue weighted by molar-refractivity contribution is 0.274. The smallest absolute Gasteiger partial charge is 0.142 e. The van der Waals surface area contributed by atoms with Crippen LogP contribution in [-0.4, -0.2) is 14.2 Å². The van der Waals surface area contributed by atoms with Crippen LogP contribution in [0.15, 0.2) is 202 Å². The quantitative estimate of drug-likeness (QED) is 0.102. The summed E-state index contributed by atoms with van der Waals surface area (Å²) < 4.78 is 15.0. The minimum atomic E-state index is 0.798. The molecule has 0 bridgehead atoms. The minimum Gasteiger partial charge on any atom is -0.495 e. The third-order valence-electron chi connectivity index (χ3n) is 13.2. The van der Waals surface area contributed by atoms with Crippen LogP contribution in [0.3, 0.4) is 0 Å². The number of hydrogen-bond donors (Lipinski definition) is 0. The maximum absolute atomic E-state index is 6.37. The molecule has 0 amide bonds. The number of nitrogens with zero attached hydrogens (tertiary/aromatic N) is 4. The van der Waals surface area contributed by atoms with E-state index in [0.29, 0.717) is 0 Å². The van der Waals surface area contributed by atoms with Gasteiger partial charge in [0, 0.05) is 31.3 Å². The SMILES string of the molecule is CCC=Cc1cc(C2=C(OC)C(c3ccc(-c4c5ccccc5c(N=Nc5ccccc5)c5sc(C)cc45)c(C=CCC)c3)=C2OC)ccc1-c1c2ccccc2c(N=Nc2ccccc2)c2sc(C)cc12. The average molecular weight is 973 g/mol. The van der Waals surface area contributed by atoms with Gasteiger partial charge in [-0.15, -0.1) is 32.9 Å². The highest BCUT2D eigenvalue weighted by Gasteiger charge is 2.35. The standard InChI is InChI=1S/C64H52N4O2S2/c1-7-9-21-41-37-43(31-33-47(41)57-49-27-17-19-29-51(49)59(63-53(57)35-39(3)71-63)67-65-45-23-13-11-14-24-45)55-61(69-5)56(62(55)70-6)44-32-34-48(42(38-44)22-10-8-2)58-50-28-18-20-30-52(50)60(64-54(58)36-40(4)72-64)68-66-46-25-15-12-16-26-46/h9-38H,7-8H2,1-6H3. The van der Waals surface area contributed by atoms with Gasteiger partial charge < -0.3 is 9.47 Å². The Morgan fingerprint density at radius 2 is 0.819 bits per heavy atom. The molecule has 0 unspecified atom stereocenters. The number of rotatable bonds is 14. The molecule has 352 valence electrons. The third-order valence-corrected chi connectivity index (χ3v) is 15.3. The van der Waals surface area contributed by atoms with E-state index < -0.39 is 0 Å². The first-order valence-electron chi connectivity index (χ1n) is 24.4. The maximum atomic E-state index is 6.37. The highest BCUT2D eigenvalue weighted by molar-refractivity contribution is 7.20. The molecule has 0 saturated carbocycles. The monoisotopic (exact) mass is 972 g/mol. The number of hydrogen-bond acceptors (Lipinski definition) is 8. The predicted octanol–water partition coefficient (Wildman–Crippen LogP) is 20.5. The molecule has 10 aromatic rings. The Morgan fingerprint density at radius 3 is 1.21 bits per heavy atom. The molecule has 6 nitrogen and oxygen atoms in total. The second-order valence-electron chi connectivity index (χ2n) is 17.9. The summed E-state index contributed by atoms with van der Waals surface area (Å²) in [6, 6.07) is 55.2. The van der Waals surface area contributed by atoms with Gasteiger partial charge in [-0.2, -0.15) is 10.2 Å². The zero-order valence-electron chi connectivity index (χ0n) is 41.2. The summed E-state index contributed by atoms with van der Waals surface area (Å²) in [6.45, 7) is 8.69. The Balaban J connectivity index is 1.03. The van der Waals surface area contributed by atoms with E-state index in [1.165, 1.54) is 31.7 Å². The van der Waals surface area contributed by atoms with E-state index in [4.69, 9.17) is 29.9 Å². The van der Waals surface area contributed by atoms with Gasteiger partial charge in [0.15, 0.2) is 0 Å². The molecule has 0 spiro atoms. The van der Waals surface area contributed by atoms with E-state index in [2.05, 4.69) is 149 Å². The molecule has 0 N–H and O–H groups in total. The molecule has 2 aromatic heterocycles. The molecule has 1 aliphatic rings. The molecule has 0 atom stereocenters. The van der Waals surface area contributed by atoms with Crippen LogP contribution in [0, 0.1) is 13.8 Å². The molecule has 0 radical (unpaired) electrons. The number of aryl methyl sites for hydroxylation is 2. The second-order valence-corrected chi connectivity index (χ2v) is 20.4.